The van der Waals surface area contributed by atoms with Crippen molar-refractivity contribution in [2.45, 2.75) is 13.0 Å². The second-order valence-corrected chi connectivity index (χ2v) is 6.53. The van der Waals surface area contributed by atoms with Crippen molar-refractivity contribution < 1.29 is 4.39 Å². The van der Waals surface area contributed by atoms with Crippen molar-refractivity contribution in [3.8, 4) is 0 Å². The number of nitrogens with one attached hydrogen (secondary N) is 1. The Labute approximate surface area is 125 Å². The molecule has 0 aliphatic rings. The van der Waals surface area contributed by atoms with E-state index in [4.69, 9.17) is 0 Å². The van der Waals surface area contributed by atoms with E-state index in [1.54, 1.807) is 35.7 Å². The number of hydrogen-bond acceptors (Lipinski definition) is 3. The first-order valence-corrected chi connectivity index (χ1v) is 8.09. The first-order chi connectivity index (χ1) is 9.74. The van der Waals surface area contributed by atoms with Crippen LogP contribution in [0.15, 0.2) is 53.2 Å². The van der Waals surface area contributed by atoms with Gasteiger partial charge in [0.1, 0.15) is 5.82 Å². The first kappa shape index (κ1) is 13.3. The number of hydrogen-bond donors (Lipinski definition) is 1. The predicted octanol–water partition coefficient (Wildman–Crippen LogP) is 5.46. The zero-order valence-corrected chi connectivity index (χ0v) is 12.6. The van der Waals surface area contributed by atoms with Crippen LogP contribution < -0.4 is 5.32 Å². The monoisotopic (exact) mass is 303 g/mol. The fourth-order valence-corrected chi connectivity index (χ4v) is 3.76. The first-order valence-electron chi connectivity index (χ1n) is 6.33. The molecular weight excluding hydrogens is 289 g/mol. The van der Waals surface area contributed by atoms with Gasteiger partial charge in [-0.15, -0.1) is 22.7 Å². The van der Waals surface area contributed by atoms with Gasteiger partial charge in [0, 0.05) is 15.4 Å². The summed E-state index contributed by atoms with van der Waals surface area (Å²) in [4.78, 5) is 2.52. The molecule has 2 aromatic heterocycles. The van der Waals surface area contributed by atoms with Crippen LogP contribution in [-0.2, 0) is 0 Å². The normalized spacial score (nSPS) is 10.9. The smallest absolute Gasteiger partial charge is 0.126 e. The molecule has 2 heterocycles. The molecule has 0 aliphatic carbocycles. The van der Waals surface area contributed by atoms with Crippen molar-refractivity contribution in [3.63, 3.8) is 0 Å². The molecule has 0 aliphatic heterocycles. The van der Waals surface area contributed by atoms with Gasteiger partial charge in [0.15, 0.2) is 0 Å². The molecule has 0 saturated carbocycles. The van der Waals surface area contributed by atoms with Crippen LogP contribution >= 0.6 is 22.7 Å². The molecule has 0 atom stereocenters. The summed E-state index contributed by atoms with van der Waals surface area (Å²) in [5, 5.41) is 7.66. The van der Waals surface area contributed by atoms with E-state index in [1.807, 2.05) is 6.07 Å². The molecule has 1 aromatic carbocycles. The summed E-state index contributed by atoms with van der Waals surface area (Å²) in [5.74, 6) is -0.167. The number of benzene rings is 1. The van der Waals surface area contributed by atoms with Gasteiger partial charge in [-0.1, -0.05) is 12.1 Å². The average Bonchev–Trinajstić information content (AvgIpc) is 3.12. The Morgan fingerprint density at radius 1 is 1.00 bits per heavy atom. The van der Waals surface area contributed by atoms with Crippen molar-refractivity contribution in [1.29, 1.82) is 0 Å². The van der Waals surface area contributed by atoms with Crippen LogP contribution in [0.1, 0.15) is 21.4 Å². The van der Waals surface area contributed by atoms with Crippen LogP contribution in [0, 0.1) is 12.7 Å². The summed E-state index contributed by atoms with van der Waals surface area (Å²) in [6, 6.07) is 13.6. The van der Waals surface area contributed by atoms with Crippen LogP contribution in [-0.4, -0.2) is 0 Å². The molecule has 0 saturated heterocycles. The third-order valence-electron chi connectivity index (χ3n) is 3.12. The van der Waals surface area contributed by atoms with E-state index in [1.165, 1.54) is 15.8 Å². The minimum Gasteiger partial charge on any atom is -0.373 e. The summed E-state index contributed by atoms with van der Waals surface area (Å²) in [7, 11) is 0. The van der Waals surface area contributed by atoms with E-state index in [0.29, 0.717) is 5.56 Å². The highest BCUT2D eigenvalue weighted by Gasteiger charge is 2.16. The molecule has 0 radical (unpaired) electrons. The second kappa shape index (κ2) is 5.77. The van der Waals surface area contributed by atoms with Gasteiger partial charge < -0.3 is 5.32 Å². The number of thiophene rings is 2. The van der Waals surface area contributed by atoms with Crippen LogP contribution in [0.3, 0.4) is 0 Å². The van der Waals surface area contributed by atoms with Gasteiger partial charge in [-0.3, -0.25) is 0 Å². The highest BCUT2D eigenvalue weighted by Crippen LogP contribution is 2.32. The average molecular weight is 303 g/mol. The van der Waals surface area contributed by atoms with E-state index >= 15 is 0 Å². The summed E-state index contributed by atoms with van der Waals surface area (Å²) in [6.07, 6.45) is 0. The highest BCUT2D eigenvalue weighted by molar-refractivity contribution is 7.11. The van der Waals surface area contributed by atoms with E-state index in [-0.39, 0.29) is 11.9 Å². The van der Waals surface area contributed by atoms with Gasteiger partial charge in [0.25, 0.3) is 0 Å². The summed E-state index contributed by atoms with van der Waals surface area (Å²) < 4.78 is 13.4. The third kappa shape index (κ3) is 2.76. The van der Waals surface area contributed by atoms with Crippen molar-refractivity contribution in [1.82, 2.24) is 0 Å². The maximum atomic E-state index is 13.4. The molecule has 3 rings (SSSR count). The number of rotatable bonds is 4. The predicted molar refractivity (Wildman–Crippen MR) is 85.2 cm³/mol. The molecule has 0 fully saturated rings. The maximum absolute atomic E-state index is 13.4. The summed E-state index contributed by atoms with van der Waals surface area (Å²) in [6.45, 7) is 1.78. The van der Waals surface area contributed by atoms with Crippen LogP contribution in [0.4, 0.5) is 10.1 Å². The van der Waals surface area contributed by atoms with Crippen molar-refractivity contribution in [2.24, 2.45) is 0 Å². The van der Waals surface area contributed by atoms with Crippen molar-refractivity contribution >= 4 is 28.4 Å². The van der Waals surface area contributed by atoms with Gasteiger partial charge in [-0.2, -0.15) is 0 Å². The number of aryl methyl sites for hydroxylation is 1. The minimum atomic E-state index is -0.167. The molecule has 0 unspecified atom stereocenters. The SMILES string of the molecule is Cc1cc(NC(c2cccs2)c2cccs2)ccc1F. The zero-order chi connectivity index (χ0) is 13.9. The Morgan fingerprint density at radius 2 is 1.65 bits per heavy atom. The molecule has 102 valence electrons. The Balaban J connectivity index is 1.92. The molecule has 0 spiro atoms. The Kier molecular flexibility index (Phi) is 3.85. The Hall–Kier alpha value is -1.65. The van der Waals surface area contributed by atoms with E-state index in [2.05, 4.69) is 40.3 Å². The van der Waals surface area contributed by atoms with Gasteiger partial charge in [0.05, 0.1) is 6.04 Å². The molecule has 1 N–H and O–H groups in total. The summed E-state index contributed by atoms with van der Waals surface area (Å²) >= 11 is 3.45. The van der Waals surface area contributed by atoms with Crippen LogP contribution in [0.2, 0.25) is 0 Å². The lowest BCUT2D eigenvalue weighted by atomic mass is 10.1. The second-order valence-electron chi connectivity index (χ2n) is 4.57. The molecule has 1 nitrogen and oxygen atoms in total. The highest BCUT2D eigenvalue weighted by atomic mass is 32.1. The van der Waals surface area contributed by atoms with Crippen LogP contribution in [0.5, 0.6) is 0 Å². The summed E-state index contributed by atoms with van der Waals surface area (Å²) in [5.41, 5.74) is 1.60. The number of anilines is 1. The fourth-order valence-electron chi connectivity index (χ4n) is 2.09. The minimum absolute atomic E-state index is 0.125. The van der Waals surface area contributed by atoms with Gasteiger partial charge in [-0.05, 0) is 53.6 Å². The Bertz CT molecular complexity index is 640. The van der Waals surface area contributed by atoms with E-state index in [0.717, 1.165) is 5.69 Å². The molecule has 0 amide bonds. The zero-order valence-electron chi connectivity index (χ0n) is 11.0. The van der Waals surface area contributed by atoms with Gasteiger partial charge in [0.2, 0.25) is 0 Å². The van der Waals surface area contributed by atoms with Crippen molar-refractivity contribution in [2.75, 3.05) is 5.32 Å². The van der Waals surface area contributed by atoms with E-state index < -0.39 is 0 Å². The van der Waals surface area contributed by atoms with Gasteiger partial charge in [-0.25, -0.2) is 4.39 Å². The van der Waals surface area contributed by atoms with Crippen molar-refractivity contribution in [3.05, 3.63) is 74.4 Å². The Morgan fingerprint density at radius 3 is 2.15 bits per heavy atom. The topological polar surface area (TPSA) is 12.0 Å². The number of halogens is 1. The fraction of sp³-hybridized carbons (Fsp3) is 0.125. The lowest BCUT2D eigenvalue weighted by molar-refractivity contribution is 0.618. The molecular formula is C16H14FNS2. The molecule has 0 bridgehead atoms. The largest absolute Gasteiger partial charge is 0.373 e. The maximum Gasteiger partial charge on any atom is 0.126 e. The molecule has 20 heavy (non-hydrogen) atoms. The lowest BCUT2D eigenvalue weighted by Crippen LogP contribution is -2.09. The third-order valence-corrected chi connectivity index (χ3v) is 5.00. The van der Waals surface area contributed by atoms with Crippen LogP contribution in [0.25, 0.3) is 0 Å². The quantitative estimate of drug-likeness (QED) is 0.675. The van der Waals surface area contributed by atoms with Gasteiger partial charge >= 0.3 is 0 Å². The molecule has 3 aromatic rings. The standard InChI is InChI=1S/C16H14FNS2/c1-11-10-12(6-7-13(11)17)18-16(14-4-2-8-19-14)15-5-3-9-20-15/h2-10,16,18H,1H3. The molecule has 4 heteroatoms. The van der Waals surface area contributed by atoms with E-state index in [9.17, 15) is 4.39 Å². The lowest BCUT2D eigenvalue weighted by Gasteiger charge is -2.18.